The van der Waals surface area contributed by atoms with Crippen LogP contribution in [0.2, 0.25) is 0 Å². The molecule has 0 aliphatic carbocycles. The summed E-state index contributed by atoms with van der Waals surface area (Å²) in [5.74, 6) is 0.975. The maximum Gasteiger partial charge on any atom is 0.189 e. The summed E-state index contributed by atoms with van der Waals surface area (Å²) in [6.45, 7) is 3.38. The van der Waals surface area contributed by atoms with Crippen LogP contribution in [0.25, 0.3) is 17.2 Å². The summed E-state index contributed by atoms with van der Waals surface area (Å²) in [5, 5.41) is 12.1. The number of para-hydroxylation sites is 1. The van der Waals surface area contributed by atoms with Gasteiger partial charge in [0.25, 0.3) is 0 Å². The van der Waals surface area contributed by atoms with Crippen LogP contribution in [0.1, 0.15) is 30.2 Å². The van der Waals surface area contributed by atoms with Crippen LogP contribution in [0, 0.1) is 6.92 Å². The van der Waals surface area contributed by atoms with Gasteiger partial charge in [0.15, 0.2) is 21.5 Å². The minimum Gasteiger partial charge on any atom is -0.494 e. The van der Waals surface area contributed by atoms with Crippen molar-refractivity contribution in [2.24, 2.45) is 7.05 Å². The molecule has 2 atom stereocenters. The zero-order valence-electron chi connectivity index (χ0n) is 21.5. The Hall–Kier alpha value is -3.84. The molecule has 13 heteroatoms. The van der Waals surface area contributed by atoms with Crippen LogP contribution in [-0.4, -0.2) is 69.5 Å². The first-order valence-corrected chi connectivity index (χ1v) is 13.1. The predicted molar refractivity (Wildman–Crippen MR) is 135 cm³/mol. The number of aromatic nitrogens is 7. The Balaban J connectivity index is 1.82. The van der Waals surface area contributed by atoms with Crippen LogP contribution < -0.4 is 9.47 Å². The van der Waals surface area contributed by atoms with Gasteiger partial charge in [0.1, 0.15) is 34.7 Å². The van der Waals surface area contributed by atoms with E-state index in [4.69, 9.17) is 14.2 Å². The first kappa shape index (κ1) is 26.2. The van der Waals surface area contributed by atoms with E-state index in [9.17, 15) is 8.42 Å². The molecular weight excluding hydrogens is 498 g/mol. The lowest BCUT2D eigenvalue weighted by Crippen LogP contribution is -2.29. The van der Waals surface area contributed by atoms with Gasteiger partial charge < -0.3 is 14.2 Å². The topological polar surface area (TPSA) is 136 Å². The molecular formula is C24H29N7O5S. The summed E-state index contributed by atoms with van der Waals surface area (Å²) in [6.07, 6.45) is 4.03. The highest BCUT2D eigenvalue weighted by atomic mass is 32.2. The van der Waals surface area contributed by atoms with Gasteiger partial charge in [0, 0.05) is 26.6 Å². The molecule has 37 heavy (non-hydrogen) atoms. The van der Waals surface area contributed by atoms with Crippen LogP contribution in [0.4, 0.5) is 0 Å². The molecule has 196 valence electrons. The number of hydrogen-bond acceptors (Lipinski definition) is 10. The molecule has 0 amide bonds. The Morgan fingerprint density at radius 2 is 1.70 bits per heavy atom. The summed E-state index contributed by atoms with van der Waals surface area (Å²) in [5.41, 5.74) is 2.11. The van der Waals surface area contributed by atoms with Crippen molar-refractivity contribution in [1.29, 1.82) is 0 Å². The number of hydrogen-bond donors (Lipinski definition) is 0. The van der Waals surface area contributed by atoms with E-state index < -0.39 is 26.9 Å². The second-order valence-electron chi connectivity index (χ2n) is 8.41. The Labute approximate surface area is 215 Å². The van der Waals surface area contributed by atoms with E-state index in [1.165, 1.54) is 27.5 Å². The van der Waals surface area contributed by atoms with Gasteiger partial charge in [0.05, 0.1) is 37.1 Å². The summed E-state index contributed by atoms with van der Waals surface area (Å²) < 4.78 is 47.4. The van der Waals surface area contributed by atoms with Gasteiger partial charge in [-0.1, -0.05) is 6.07 Å². The normalized spacial score (nSPS) is 13.4. The standard InChI is InChI=1S/C24H29N7O5S/c1-15-12-26-18(13-25-15)23(36-6)16(2)37(32,33)14-21-27-28-24(17-10-11-30(3)29-17)31(21)22-19(34-4)8-7-9-20(22)35-5/h7-13,16,23H,14H2,1-6H3/t16-,23-/m1/s1. The van der Waals surface area contributed by atoms with Gasteiger partial charge in [-0.25, -0.2) is 8.42 Å². The Kier molecular flexibility index (Phi) is 7.55. The SMILES string of the molecule is COc1cccc(OC)c1-n1c(CS(=O)(=O)[C@H](C)[C@@H](OC)c2cnc(C)cn2)nnc1-c1ccn(C)n1. The van der Waals surface area contributed by atoms with Crippen molar-refractivity contribution in [2.75, 3.05) is 21.3 Å². The van der Waals surface area contributed by atoms with E-state index in [0.29, 0.717) is 34.4 Å². The molecule has 0 radical (unpaired) electrons. The molecule has 4 aromatic rings. The minimum atomic E-state index is -3.84. The lowest BCUT2D eigenvalue weighted by Gasteiger charge is -2.22. The van der Waals surface area contributed by atoms with Gasteiger partial charge in [-0.2, -0.15) is 5.10 Å². The molecule has 4 rings (SSSR count). The number of nitrogens with zero attached hydrogens (tertiary/aromatic N) is 7. The molecule has 0 unspecified atom stereocenters. The Morgan fingerprint density at radius 1 is 1.00 bits per heavy atom. The first-order chi connectivity index (χ1) is 17.7. The van der Waals surface area contributed by atoms with Gasteiger partial charge in [-0.15, -0.1) is 10.2 Å². The van der Waals surface area contributed by atoms with E-state index in [2.05, 4.69) is 25.3 Å². The fraction of sp³-hybridized carbons (Fsp3) is 0.375. The average molecular weight is 528 g/mol. The third-order valence-corrected chi connectivity index (χ3v) is 8.01. The van der Waals surface area contributed by atoms with Gasteiger partial charge in [0.2, 0.25) is 0 Å². The second kappa shape index (κ2) is 10.6. The molecule has 0 spiro atoms. The molecule has 1 aromatic carbocycles. The number of aryl methyl sites for hydroxylation is 2. The van der Waals surface area contributed by atoms with Crippen LogP contribution in [-0.2, 0) is 27.4 Å². The van der Waals surface area contributed by atoms with Crippen LogP contribution in [0.3, 0.4) is 0 Å². The average Bonchev–Trinajstić information content (AvgIpc) is 3.50. The molecule has 0 aliphatic rings. The monoisotopic (exact) mass is 527 g/mol. The highest BCUT2D eigenvalue weighted by Crippen LogP contribution is 2.37. The molecule has 3 heterocycles. The number of methoxy groups -OCH3 is 3. The van der Waals surface area contributed by atoms with Gasteiger partial charge in [-0.05, 0) is 32.0 Å². The van der Waals surface area contributed by atoms with Crippen molar-refractivity contribution in [3.8, 4) is 28.7 Å². The smallest absolute Gasteiger partial charge is 0.189 e. The molecule has 12 nitrogen and oxygen atoms in total. The number of rotatable bonds is 10. The summed E-state index contributed by atoms with van der Waals surface area (Å²) in [6, 6.07) is 7.03. The van der Waals surface area contributed by atoms with Crippen LogP contribution in [0.15, 0.2) is 42.9 Å². The third-order valence-electron chi connectivity index (χ3n) is 5.97. The maximum atomic E-state index is 13.7. The van der Waals surface area contributed by atoms with Gasteiger partial charge in [-0.3, -0.25) is 19.2 Å². The predicted octanol–water partition coefficient (Wildman–Crippen LogP) is 2.47. The van der Waals surface area contributed by atoms with Crippen LogP contribution in [0.5, 0.6) is 11.5 Å². The van der Waals surface area contributed by atoms with Crippen LogP contribution >= 0.6 is 0 Å². The zero-order chi connectivity index (χ0) is 26.7. The minimum absolute atomic E-state index is 0.167. The molecule has 3 aromatic heterocycles. The van der Waals surface area contributed by atoms with E-state index in [0.717, 1.165) is 5.69 Å². The first-order valence-electron chi connectivity index (χ1n) is 11.4. The van der Waals surface area contributed by atoms with Crippen molar-refractivity contribution < 1.29 is 22.6 Å². The molecule has 0 aliphatic heterocycles. The van der Waals surface area contributed by atoms with E-state index in [-0.39, 0.29) is 5.82 Å². The Morgan fingerprint density at radius 3 is 2.24 bits per heavy atom. The highest BCUT2D eigenvalue weighted by Gasteiger charge is 2.35. The molecule has 0 N–H and O–H groups in total. The molecule has 0 saturated carbocycles. The molecule has 0 bridgehead atoms. The summed E-state index contributed by atoms with van der Waals surface area (Å²) in [7, 11) is 2.42. The lowest BCUT2D eigenvalue weighted by molar-refractivity contribution is 0.0983. The van der Waals surface area contributed by atoms with Crippen molar-refractivity contribution in [3.05, 3.63) is 60.1 Å². The second-order valence-corrected chi connectivity index (χ2v) is 10.8. The van der Waals surface area contributed by atoms with Crippen molar-refractivity contribution in [2.45, 2.75) is 31.0 Å². The van der Waals surface area contributed by atoms with E-state index in [1.54, 1.807) is 66.8 Å². The number of ether oxygens (including phenoxy) is 3. The summed E-state index contributed by atoms with van der Waals surface area (Å²) in [4.78, 5) is 8.55. The third kappa shape index (κ3) is 5.18. The fourth-order valence-electron chi connectivity index (χ4n) is 4.00. The van der Waals surface area contributed by atoms with Gasteiger partial charge >= 0.3 is 0 Å². The fourth-order valence-corrected chi connectivity index (χ4v) is 5.44. The maximum absolute atomic E-state index is 13.7. The van der Waals surface area contributed by atoms with E-state index in [1.807, 2.05) is 0 Å². The van der Waals surface area contributed by atoms with Crippen molar-refractivity contribution in [1.82, 2.24) is 34.5 Å². The quantitative estimate of drug-likeness (QED) is 0.302. The summed E-state index contributed by atoms with van der Waals surface area (Å²) >= 11 is 0. The zero-order valence-corrected chi connectivity index (χ0v) is 22.3. The number of benzene rings is 1. The van der Waals surface area contributed by atoms with Crippen molar-refractivity contribution in [3.63, 3.8) is 0 Å². The largest absolute Gasteiger partial charge is 0.494 e. The lowest BCUT2D eigenvalue weighted by atomic mass is 10.2. The molecule has 0 saturated heterocycles. The van der Waals surface area contributed by atoms with Crippen molar-refractivity contribution >= 4 is 9.84 Å². The molecule has 0 fully saturated rings. The highest BCUT2D eigenvalue weighted by molar-refractivity contribution is 7.91. The number of sulfone groups is 1. The Bertz CT molecular complexity index is 1460. The van der Waals surface area contributed by atoms with E-state index >= 15 is 0 Å².